The SMILES string of the molecule is CC1=NC(CCc2ccc(OCCCc3cccc(OC(F)(F)F)c3)c(C(F)(F)F)c2)(COP(=O)(OC(C)(C)C)OC(C)(C)C)CO1. The second kappa shape index (κ2) is 14.8. The normalized spacial score (nSPS) is 17.8. The first-order valence-corrected chi connectivity index (χ1v) is 16.4. The molecule has 1 atom stereocenters. The molecule has 0 saturated heterocycles. The maximum Gasteiger partial charge on any atom is 0.573 e. The molecule has 1 aliphatic heterocycles. The number of phosphoric acid groups is 1. The quantitative estimate of drug-likeness (QED) is 0.110. The fourth-order valence-corrected chi connectivity index (χ4v) is 6.55. The lowest BCUT2D eigenvalue weighted by atomic mass is 9.93. The number of rotatable bonds is 14. The molecule has 8 nitrogen and oxygen atoms in total. The number of benzene rings is 2. The largest absolute Gasteiger partial charge is 0.573 e. The fraction of sp³-hybridized carbons (Fsp3) is 0.594. The summed E-state index contributed by atoms with van der Waals surface area (Å²) in [5, 5.41) is 0. The summed E-state index contributed by atoms with van der Waals surface area (Å²) in [4.78, 5) is 4.54. The van der Waals surface area contributed by atoms with E-state index in [-0.39, 0.29) is 57.0 Å². The van der Waals surface area contributed by atoms with Crippen molar-refractivity contribution in [2.75, 3.05) is 19.8 Å². The predicted octanol–water partition coefficient (Wildman–Crippen LogP) is 9.49. The smallest absolute Gasteiger partial charge is 0.493 e. The molecule has 2 aromatic rings. The molecule has 1 unspecified atom stereocenters. The minimum atomic E-state index is -4.83. The zero-order valence-electron chi connectivity index (χ0n) is 27.5. The Morgan fingerprint density at radius 3 is 2.09 bits per heavy atom. The molecule has 0 saturated carbocycles. The lowest BCUT2D eigenvalue weighted by Gasteiger charge is -2.33. The number of alkyl halides is 6. The zero-order chi connectivity index (χ0) is 35.3. The summed E-state index contributed by atoms with van der Waals surface area (Å²) in [6, 6.07) is 9.12. The molecule has 0 N–H and O–H groups in total. The molecule has 2 aromatic carbocycles. The number of halogens is 6. The van der Waals surface area contributed by atoms with E-state index >= 15 is 0 Å². The first-order valence-electron chi connectivity index (χ1n) is 15.0. The topological polar surface area (TPSA) is 84.8 Å². The molecular formula is C32H42F6NO7P. The molecule has 0 bridgehead atoms. The number of ether oxygens (including phenoxy) is 3. The number of hydrogen-bond acceptors (Lipinski definition) is 8. The van der Waals surface area contributed by atoms with Gasteiger partial charge in [-0.3, -0.25) is 13.6 Å². The van der Waals surface area contributed by atoms with E-state index in [9.17, 15) is 30.9 Å². The first kappa shape index (κ1) is 38.6. The van der Waals surface area contributed by atoms with Crippen molar-refractivity contribution in [3.63, 3.8) is 0 Å². The molecule has 0 aromatic heterocycles. The van der Waals surface area contributed by atoms with Crippen LogP contribution in [0.4, 0.5) is 26.3 Å². The van der Waals surface area contributed by atoms with Gasteiger partial charge in [0.1, 0.15) is 23.6 Å². The van der Waals surface area contributed by atoms with Gasteiger partial charge in [-0.15, -0.1) is 13.2 Å². The van der Waals surface area contributed by atoms with Gasteiger partial charge in [-0.1, -0.05) is 18.2 Å². The van der Waals surface area contributed by atoms with E-state index in [1.807, 2.05) is 0 Å². The summed E-state index contributed by atoms with van der Waals surface area (Å²) >= 11 is 0. The van der Waals surface area contributed by atoms with Gasteiger partial charge in [0, 0.05) is 6.92 Å². The van der Waals surface area contributed by atoms with Crippen molar-refractivity contribution in [2.24, 2.45) is 4.99 Å². The Morgan fingerprint density at radius 2 is 1.53 bits per heavy atom. The van der Waals surface area contributed by atoms with Crippen molar-refractivity contribution in [1.29, 1.82) is 0 Å². The zero-order valence-corrected chi connectivity index (χ0v) is 28.4. The van der Waals surface area contributed by atoms with Crippen LogP contribution < -0.4 is 9.47 Å². The Balaban J connectivity index is 1.69. The highest BCUT2D eigenvalue weighted by atomic mass is 31.2. The molecule has 0 aliphatic carbocycles. The van der Waals surface area contributed by atoms with Gasteiger partial charge in [-0.2, -0.15) is 13.2 Å². The Labute approximate surface area is 271 Å². The van der Waals surface area contributed by atoms with Crippen molar-refractivity contribution < 1.29 is 58.7 Å². The maximum atomic E-state index is 14.1. The van der Waals surface area contributed by atoms with Crippen molar-refractivity contribution in [3.8, 4) is 11.5 Å². The number of phosphoric ester groups is 1. The van der Waals surface area contributed by atoms with Gasteiger partial charge in [0.2, 0.25) is 0 Å². The van der Waals surface area contributed by atoms with Gasteiger partial charge in [0.05, 0.1) is 30.0 Å². The number of nitrogens with zero attached hydrogens (tertiary/aromatic N) is 1. The van der Waals surface area contributed by atoms with Crippen molar-refractivity contribution in [1.82, 2.24) is 0 Å². The summed E-state index contributed by atoms with van der Waals surface area (Å²) in [6.07, 6.45) is -8.70. The van der Waals surface area contributed by atoms with E-state index in [1.165, 1.54) is 24.3 Å². The summed E-state index contributed by atoms with van der Waals surface area (Å²) in [6.45, 7) is 11.6. The third-order valence-electron chi connectivity index (χ3n) is 6.43. The third-order valence-corrected chi connectivity index (χ3v) is 8.42. The van der Waals surface area contributed by atoms with Crippen molar-refractivity contribution in [3.05, 3.63) is 59.2 Å². The van der Waals surface area contributed by atoms with Gasteiger partial charge in [0.25, 0.3) is 0 Å². The van der Waals surface area contributed by atoms with Gasteiger partial charge < -0.3 is 14.2 Å². The Kier molecular flexibility index (Phi) is 12.1. The van der Waals surface area contributed by atoms with Gasteiger partial charge in [-0.25, -0.2) is 9.56 Å². The second-order valence-corrected chi connectivity index (χ2v) is 14.8. The van der Waals surface area contributed by atoms with Crippen LogP contribution >= 0.6 is 7.82 Å². The van der Waals surface area contributed by atoms with Crippen LogP contribution in [0.5, 0.6) is 11.5 Å². The average Bonchev–Trinajstić information content (AvgIpc) is 3.26. The van der Waals surface area contributed by atoms with E-state index in [0.29, 0.717) is 17.0 Å². The van der Waals surface area contributed by atoms with Crippen LogP contribution in [0.1, 0.15) is 78.0 Å². The number of aryl methyl sites for hydroxylation is 2. The van der Waals surface area contributed by atoms with Crippen LogP contribution in [0, 0.1) is 0 Å². The maximum absolute atomic E-state index is 14.1. The van der Waals surface area contributed by atoms with E-state index < -0.39 is 42.7 Å². The van der Waals surface area contributed by atoms with Gasteiger partial charge >= 0.3 is 20.4 Å². The van der Waals surface area contributed by atoms with Crippen LogP contribution in [-0.4, -0.2) is 48.8 Å². The summed E-state index contributed by atoms with van der Waals surface area (Å²) in [5.41, 5.74) is -2.89. The standard InChI is InChI=1S/C32H42F6NO7P/c1-22-39-30(20-42-22,21-43-47(40,45-28(2,3)4)46-29(5,6)7)16-15-24-13-14-27(26(19-24)31(33,34)35)41-17-9-11-23-10-8-12-25(18-23)44-32(36,37)38/h8,10,12-14,18-19H,9,11,15-17,20-21H2,1-7H3. The molecule has 15 heteroatoms. The summed E-state index contributed by atoms with van der Waals surface area (Å²) in [7, 11) is -4.10. The van der Waals surface area contributed by atoms with Gasteiger partial charge in [0.15, 0.2) is 5.90 Å². The van der Waals surface area contributed by atoms with Crippen molar-refractivity contribution in [2.45, 2.75) is 103 Å². The highest BCUT2D eigenvalue weighted by Crippen LogP contribution is 2.56. The lowest BCUT2D eigenvalue weighted by Crippen LogP contribution is -2.36. The average molecular weight is 698 g/mol. The van der Waals surface area contributed by atoms with E-state index in [4.69, 9.17) is 23.0 Å². The van der Waals surface area contributed by atoms with Gasteiger partial charge in [-0.05, 0) is 103 Å². The second-order valence-electron chi connectivity index (χ2n) is 13.2. The first-order chi connectivity index (χ1) is 21.5. The molecule has 264 valence electrons. The highest BCUT2D eigenvalue weighted by Gasteiger charge is 2.43. The van der Waals surface area contributed by atoms with Crippen LogP contribution in [0.25, 0.3) is 0 Å². The number of hydrogen-bond donors (Lipinski definition) is 0. The van der Waals surface area contributed by atoms with E-state index in [2.05, 4.69) is 9.73 Å². The molecule has 0 radical (unpaired) electrons. The monoisotopic (exact) mass is 697 g/mol. The summed E-state index contributed by atoms with van der Waals surface area (Å²) in [5.74, 6) is -0.392. The molecule has 3 rings (SSSR count). The molecule has 1 aliphatic rings. The third kappa shape index (κ3) is 13.3. The Morgan fingerprint density at radius 1 is 0.894 bits per heavy atom. The molecule has 0 fully saturated rings. The van der Waals surface area contributed by atoms with E-state index in [0.717, 1.165) is 12.1 Å². The van der Waals surface area contributed by atoms with Crippen LogP contribution in [0.15, 0.2) is 47.5 Å². The fourth-order valence-electron chi connectivity index (χ4n) is 4.67. The Bertz CT molecular complexity index is 1410. The van der Waals surface area contributed by atoms with Crippen LogP contribution in [-0.2, 0) is 41.9 Å². The predicted molar refractivity (Wildman–Crippen MR) is 164 cm³/mol. The lowest BCUT2D eigenvalue weighted by molar-refractivity contribution is -0.274. The summed E-state index contributed by atoms with van der Waals surface area (Å²) < 4.78 is 125. The molecule has 1 heterocycles. The molecular weight excluding hydrogens is 655 g/mol. The highest BCUT2D eigenvalue weighted by molar-refractivity contribution is 7.48. The minimum Gasteiger partial charge on any atom is -0.493 e. The van der Waals surface area contributed by atoms with E-state index in [1.54, 1.807) is 54.5 Å². The molecule has 0 amide bonds. The van der Waals surface area contributed by atoms with Crippen LogP contribution in [0.3, 0.4) is 0 Å². The number of aliphatic imine (C=N–C) groups is 1. The Hall–Kier alpha value is -2.80. The van der Waals surface area contributed by atoms with Crippen LogP contribution in [0.2, 0.25) is 0 Å². The molecule has 47 heavy (non-hydrogen) atoms. The van der Waals surface area contributed by atoms with Crippen molar-refractivity contribution >= 4 is 13.7 Å². The molecule has 0 spiro atoms. The minimum absolute atomic E-state index is 0.0580.